The minimum atomic E-state index is -0.415. The van der Waals surface area contributed by atoms with E-state index in [4.69, 9.17) is 11.6 Å². The number of hydrogen-bond acceptors (Lipinski definition) is 3. The topological polar surface area (TPSA) is 34.4 Å². The van der Waals surface area contributed by atoms with E-state index < -0.39 is 5.82 Å². The number of halogens is 2. The summed E-state index contributed by atoms with van der Waals surface area (Å²) >= 11 is 7.34. The van der Waals surface area contributed by atoms with Crippen LogP contribution in [0.25, 0.3) is 4.96 Å². The summed E-state index contributed by atoms with van der Waals surface area (Å²) in [5.74, 6) is -0.415. The Hall–Kier alpha value is -1.72. The van der Waals surface area contributed by atoms with Gasteiger partial charge in [0.25, 0.3) is 5.56 Å². The highest BCUT2D eigenvalue weighted by atomic mass is 35.5. The third-order valence-corrected chi connectivity index (χ3v) is 3.97. The molecule has 1 aromatic carbocycles. The second-order valence-corrected chi connectivity index (χ2v) is 5.30. The molecule has 0 amide bonds. The van der Waals surface area contributed by atoms with Gasteiger partial charge in [-0.1, -0.05) is 17.7 Å². The van der Waals surface area contributed by atoms with E-state index in [0.717, 1.165) is 0 Å². The molecular weight excluding hydrogens is 287 g/mol. The van der Waals surface area contributed by atoms with Crippen LogP contribution in [0.2, 0.25) is 5.02 Å². The first-order valence-electron chi connectivity index (χ1n) is 5.53. The van der Waals surface area contributed by atoms with Crippen LogP contribution in [-0.4, -0.2) is 9.38 Å². The largest absolute Gasteiger partial charge is 0.269 e. The fourth-order valence-corrected chi connectivity index (χ4v) is 2.78. The van der Waals surface area contributed by atoms with Crippen LogP contribution in [0.3, 0.4) is 0 Å². The lowest BCUT2D eigenvalue weighted by atomic mass is 10.1. The highest BCUT2D eigenvalue weighted by molar-refractivity contribution is 7.15. The van der Waals surface area contributed by atoms with Crippen molar-refractivity contribution in [1.82, 2.24) is 9.38 Å². The van der Waals surface area contributed by atoms with Gasteiger partial charge >= 0.3 is 0 Å². The number of rotatable bonds is 2. The lowest BCUT2D eigenvalue weighted by Crippen LogP contribution is -2.18. The average Bonchev–Trinajstić information content (AvgIpc) is 2.85. The van der Waals surface area contributed by atoms with E-state index in [2.05, 4.69) is 4.98 Å². The summed E-state index contributed by atoms with van der Waals surface area (Å²) < 4.78 is 15.2. The Bertz CT molecular complexity index is 792. The molecule has 3 aromatic rings. The lowest BCUT2D eigenvalue weighted by Gasteiger charge is -2.05. The molecule has 19 heavy (non-hydrogen) atoms. The van der Waals surface area contributed by atoms with Crippen molar-refractivity contribution in [3.05, 3.63) is 68.3 Å². The Morgan fingerprint density at radius 2 is 2.26 bits per heavy atom. The van der Waals surface area contributed by atoms with Crippen LogP contribution in [0.4, 0.5) is 4.39 Å². The zero-order valence-corrected chi connectivity index (χ0v) is 11.2. The Morgan fingerprint density at radius 1 is 1.42 bits per heavy atom. The fourth-order valence-electron chi connectivity index (χ4n) is 1.88. The molecule has 96 valence electrons. The molecule has 0 fully saturated rings. The van der Waals surface area contributed by atoms with Gasteiger partial charge in [0, 0.05) is 40.3 Å². The molecule has 0 spiro atoms. The molecule has 0 saturated carbocycles. The smallest absolute Gasteiger partial charge is 0.262 e. The van der Waals surface area contributed by atoms with Gasteiger partial charge in [0.05, 0.1) is 0 Å². The van der Waals surface area contributed by atoms with Crippen LogP contribution in [0.5, 0.6) is 0 Å². The summed E-state index contributed by atoms with van der Waals surface area (Å²) in [5, 5.41) is 2.10. The molecule has 0 N–H and O–H groups in total. The molecule has 2 heterocycles. The first-order valence-corrected chi connectivity index (χ1v) is 6.79. The number of thiazole rings is 1. The fraction of sp³-hybridized carbons (Fsp3) is 0.0769. The molecule has 0 aliphatic heterocycles. The average molecular weight is 295 g/mol. The van der Waals surface area contributed by atoms with Gasteiger partial charge < -0.3 is 0 Å². The van der Waals surface area contributed by atoms with Crippen molar-refractivity contribution >= 4 is 27.9 Å². The van der Waals surface area contributed by atoms with E-state index in [0.29, 0.717) is 21.1 Å². The van der Waals surface area contributed by atoms with Crippen LogP contribution in [0, 0.1) is 5.82 Å². The molecule has 0 atom stereocenters. The SMILES string of the molecule is O=c1c(Cc2c(F)cccc2Cl)cnc2sccn12. The normalized spacial score (nSPS) is 11.1. The molecular formula is C13H8ClFN2OS. The van der Waals surface area contributed by atoms with Gasteiger partial charge in [0.2, 0.25) is 0 Å². The van der Waals surface area contributed by atoms with Crippen LogP contribution < -0.4 is 5.56 Å². The van der Waals surface area contributed by atoms with E-state index in [1.165, 1.54) is 34.1 Å². The molecule has 0 aliphatic rings. The van der Waals surface area contributed by atoms with Crippen molar-refractivity contribution in [3.8, 4) is 0 Å². The zero-order valence-electron chi connectivity index (χ0n) is 9.64. The highest BCUT2D eigenvalue weighted by Gasteiger charge is 2.12. The summed E-state index contributed by atoms with van der Waals surface area (Å²) in [5.41, 5.74) is 0.548. The predicted molar refractivity (Wildman–Crippen MR) is 73.6 cm³/mol. The third-order valence-electron chi connectivity index (χ3n) is 2.84. The first-order chi connectivity index (χ1) is 9.16. The Morgan fingerprint density at radius 3 is 3.05 bits per heavy atom. The van der Waals surface area contributed by atoms with E-state index in [-0.39, 0.29) is 12.0 Å². The lowest BCUT2D eigenvalue weighted by molar-refractivity contribution is 0.613. The van der Waals surface area contributed by atoms with Crippen molar-refractivity contribution in [2.45, 2.75) is 6.42 Å². The molecule has 2 aromatic heterocycles. The second-order valence-electron chi connectivity index (χ2n) is 4.02. The Balaban J connectivity index is 2.11. The maximum absolute atomic E-state index is 13.7. The van der Waals surface area contributed by atoms with E-state index in [1.54, 1.807) is 17.6 Å². The maximum atomic E-state index is 13.7. The first kappa shape index (κ1) is 12.3. The van der Waals surface area contributed by atoms with Crippen molar-refractivity contribution in [3.63, 3.8) is 0 Å². The van der Waals surface area contributed by atoms with Gasteiger partial charge in [-0.2, -0.15) is 0 Å². The van der Waals surface area contributed by atoms with Gasteiger partial charge in [-0.3, -0.25) is 9.20 Å². The van der Waals surface area contributed by atoms with Gasteiger partial charge in [-0.15, -0.1) is 11.3 Å². The van der Waals surface area contributed by atoms with E-state index in [9.17, 15) is 9.18 Å². The third kappa shape index (κ3) is 2.15. The molecule has 3 nitrogen and oxygen atoms in total. The van der Waals surface area contributed by atoms with Gasteiger partial charge in [-0.25, -0.2) is 9.37 Å². The van der Waals surface area contributed by atoms with Crippen LogP contribution in [-0.2, 0) is 6.42 Å². The molecule has 3 rings (SSSR count). The molecule has 0 bridgehead atoms. The van der Waals surface area contributed by atoms with Crippen LogP contribution in [0.15, 0.2) is 40.8 Å². The van der Waals surface area contributed by atoms with Crippen LogP contribution >= 0.6 is 22.9 Å². The predicted octanol–water partition coefficient (Wildman–Crippen LogP) is 3.14. The summed E-state index contributed by atoms with van der Waals surface area (Å²) in [6, 6.07) is 4.47. The van der Waals surface area contributed by atoms with Crippen molar-refractivity contribution in [2.24, 2.45) is 0 Å². The molecule has 0 unspecified atom stereocenters. The van der Waals surface area contributed by atoms with Gasteiger partial charge in [0.15, 0.2) is 4.96 Å². The van der Waals surface area contributed by atoms with Gasteiger partial charge in [-0.05, 0) is 12.1 Å². The maximum Gasteiger partial charge on any atom is 0.262 e. The number of nitrogens with zero attached hydrogens (tertiary/aromatic N) is 2. The van der Waals surface area contributed by atoms with E-state index >= 15 is 0 Å². The highest BCUT2D eigenvalue weighted by Crippen LogP contribution is 2.21. The number of benzene rings is 1. The summed E-state index contributed by atoms with van der Waals surface area (Å²) in [7, 11) is 0. The molecule has 0 aliphatic carbocycles. The monoisotopic (exact) mass is 294 g/mol. The van der Waals surface area contributed by atoms with E-state index in [1.807, 2.05) is 0 Å². The van der Waals surface area contributed by atoms with Crippen molar-refractivity contribution < 1.29 is 4.39 Å². The second kappa shape index (κ2) is 4.75. The number of fused-ring (bicyclic) bond motifs is 1. The van der Waals surface area contributed by atoms with Gasteiger partial charge in [0.1, 0.15) is 5.82 Å². The Labute approximate surface area is 116 Å². The summed E-state index contributed by atoms with van der Waals surface area (Å²) in [4.78, 5) is 17.0. The minimum Gasteiger partial charge on any atom is -0.269 e. The number of aromatic nitrogens is 2. The molecule has 6 heteroatoms. The van der Waals surface area contributed by atoms with Crippen LogP contribution in [0.1, 0.15) is 11.1 Å². The summed E-state index contributed by atoms with van der Waals surface area (Å²) in [6.07, 6.45) is 3.27. The summed E-state index contributed by atoms with van der Waals surface area (Å²) in [6.45, 7) is 0. The molecule has 0 radical (unpaired) electrons. The quantitative estimate of drug-likeness (QED) is 0.728. The standard InChI is InChI=1S/C13H8ClFN2OS/c14-10-2-1-3-11(15)9(10)6-8-7-16-13-17(12(8)18)4-5-19-13/h1-5,7H,6H2. The van der Waals surface area contributed by atoms with Crippen molar-refractivity contribution in [2.75, 3.05) is 0 Å². The zero-order chi connectivity index (χ0) is 13.4. The minimum absolute atomic E-state index is 0.135. The van der Waals surface area contributed by atoms with Crippen molar-refractivity contribution in [1.29, 1.82) is 0 Å². The number of hydrogen-bond donors (Lipinski definition) is 0. The molecule has 0 saturated heterocycles. The Kier molecular flexibility index (Phi) is 3.08.